The number of rotatable bonds is 6. The van der Waals surface area contributed by atoms with Crippen molar-refractivity contribution in [1.29, 1.82) is 0 Å². The number of aromatic nitrogens is 2. The first kappa shape index (κ1) is 18.5. The first-order valence-electron chi connectivity index (χ1n) is 8.07. The lowest BCUT2D eigenvalue weighted by Crippen LogP contribution is -2.48. The zero-order valence-electron chi connectivity index (χ0n) is 13.8. The van der Waals surface area contributed by atoms with Crippen LogP contribution in [0.25, 0.3) is 0 Å². The first-order valence-corrected chi connectivity index (χ1v) is 8.07. The van der Waals surface area contributed by atoms with Crippen LogP contribution in [0.2, 0.25) is 0 Å². The Bertz CT molecular complexity index is 850. The molecule has 1 aliphatic heterocycles. The third-order valence-corrected chi connectivity index (χ3v) is 4.43. The van der Waals surface area contributed by atoms with E-state index in [1.807, 2.05) is 30.3 Å². The highest BCUT2D eigenvalue weighted by atomic mass is 16.6. The van der Waals surface area contributed by atoms with Crippen LogP contribution in [-0.4, -0.2) is 56.8 Å². The van der Waals surface area contributed by atoms with Gasteiger partial charge in [0.1, 0.15) is 18.3 Å². The van der Waals surface area contributed by atoms with Gasteiger partial charge in [-0.25, -0.2) is 4.79 Å². The molecule has 2 heterocycles. The van der Waals surface area contributed by atoms with Crippen LogP contribution in [0, 0.1) is 0 Å². The van der Waals surface area contributed by atoms with Gasteiger partial charge in [0, 0.05) is 6.20 Å². The molecule has 0 bridgehead atoms. The SMILES string of the molecule is O=c1[nH]cc([C@]2(COCc3ccccc3)O[C@H](CO)[C@@H](O)[C@H]2O)c(=O)[nH]1. The van der Waals surface area contributed by atoms with Crippen molar-refractivity contribution in [3.05, 3.63) is 68.5 Å². The van der Waals surface area contributed by atoms with Gasteiger partial charge in [-0.15, -0.1) is 0 Å². The molecule has 9 nitrogen and oxygen atoms in total. The molecular formula is C17H20N2O7. The van der Waals surface area contributed by atoms with E-state index in [1.54, 1.807) is 0 Å². The van der Waals surface area contributed by atoms with E-state index < -0.39 is 41.8 Å². The molecule has 0 saturated carbocycles. The smallest absolute Gasteiger partial charge is 0.325 e. The first-order chi connectivity index (χ1) is 12.5. The van der Waals surface area contributed by atoms with Crippen LogP contribution in [-0.2, 0) is 21.7 Å². The Morgan fingerprint density at radius 3 is 2.54 bits per heavy atom. The highest BCUT2D eigenvalue weighted by Gasteiger charge is 2.56. The second-order valence-corrected chi connectivity index (χ2v) is 6.13. The molecule has 140 valence electrons. The Morgan fingerprint density at radius 1 is 1.19 bits per heavy atom. The van der Waals surface area contributed by atoms with E-state index >= 15 is 0 Å². The van der Waals surface area contributed by atoms with Crippen molar-refractivity contribution in [2.24, 2.45) is 0 Å². The molecule has 1 aliphatic rings. The highest BCUT2D eigenvalue weighted by Crippen LogP contribution is 2.38. The van der Waals surface area contributed by atoms with Crippen LogP contribution in [0.15, 0.2) is 46.1 Å². The number of nitrogens with one attached hydrogen (secondary N) is 2. The second kappa shape index (κ2) is 7.52. The van der Waals surface area contributed by atoms with E-state index in [-0.39, 0.29) is 18.8 Å². The lowest BCUT2D eigenvalue weighted by atomic mass is 9.89. The van der Waals surface area contributed by atoms with Gasteiger partial charge in [0.25, 0.3) is 5.56 Å². The zero-order valence-corrected chi connectivity index (χ0v) is 13.8. The summed E-state index contributed by atoms with van der Waals surface area (Å²) in [7, 11) is 0. The Balaban J connectivity index is 1.92. The van der Waals surface area contributed by atoms with Crippen molar-refractivity contribution in [3.8, 4) is 0 Å². The van der Waals surface area contributed by atoms with Crippen molar-refractivity contribution in [2.75, 3.05) is 13.2 Å². The molecule has 0 amide bonds. The number of benzene rings is 1. The maximum atomic E-state index is 12.2. The van der Waals surface area contributed by atoms with E-state index in [0.717, 1.165) is 11.8 Å². The molecule has 2 aromatic rings. The normalized spacial score (nSPS) is 28.3. The number of hydrogen-bond acceptors (Lipinski definition) is 7. The minimum absolute atomic E-state index is 0.104. The molecule has 5 N–H and O–H groups in total. The van der Waals surface area contributed by atoms with Gasteiger partial charge in [-0.2, -0.15) is 0 Å². The van der Waals surface area contributed by atoms with E-state index in [2.05, 4.69) is 9.97 Å². The van der Waals surface area contributed by atoms with E-state index in [9.17, 15) is 24.9 Å². The summed E-state index contributed by atoms with van der Waals surface area (Å²) in [4.78, 5) is 27.9. The molecule has 9 heteroatoms. The van der Waals surface area contributed by atoms with Crippen LogP contribution in [0.1, 0.15) is 11.1 Å². The minimum Gasteiger partial charge on any atom is -0.394 e. The van der Waals surface area contributed by atoms with Gasteiger partial charge >= 0.3 is 5.69 Å². The summed E-state index contributed by atoms with van der Waals surface area (Å²) in [6, 6.07) is 9.23. The predicted molar refractivity (Wildman–Crippen MR) is 89.4 cm³/mol. The van der Waals surface area contributed by atoms with Crippen LogP contribution < -0.4 is 11.2 Å². The Morgan fingerprint density at radius 2 is 1.92 bits per heavy atom. The number of aliphatic hydroxyl groups excluding tert-OH is 3. The van der Waals surface area contributed by atoms with Crippen molar-refractivity contribution in [3.63, 3.8) is 0 Å². The van der Waals surface area contributed by atoms with Crippen molar-refractivity contribution in [2.45, 2.75) is 30.5 Å². The van der Waals surface area contributed by atoms with Gasteiger partial charge in [-0.05, 0) is 5.56 Å². The van der Waals surface area contributed by atoms with E-state index in [4.69, 9.17) is 9.47 Å². The molecule has 3 rings (SSSR count). The summed E-state index contributed by atoms with van der Waals surface area (Å²) >= 11 is 0. The van der Waals surface area contributed by atoms with Gasteiger partial charge in [-0.3, -0.25) is 9.78 Å². The second-order valence-electron chi connectivity index (χ2n) is 6.13. The van der Waals surface area contributed by atoms with Gasteiger partial charge in [-0.1, -0.05) is 30.3 Å². The summed E-state index contributed by atoms with van der Waals surface area (Å²) in [5.41, 5.74) is -2.47. The number of aliphatic hydroxyl groups is 3. The predicted octanol–water partition coefficient (Wildman–Crippen LogP) is -1.41. The molecule has 0 unspecified atom stereocenters. The van der Waals surface area contributed by atoms with E-state index in [0.29, 0.717) is 0 Å². The fourth-order valence-corrected chi connectivity index (χ4v) is 3.07. The monoisotopic (exact) mass is 364 g/mol. The average molecular weight is 364 g/mol. The number of ether oxygens (including phenoxy) is 2. The standard InChI is InChI=1S/C17H20N2O7/c20-7-12-13(21)14(22)17(26-12,11-6-18-16(24)19-15(11)23)9-25-8-10-4-2-1-3-5-10/h1-6,12-14,20-22H,7-9H2,(H2,18,19,23,24)/t12-,13-,14-,17+/m1/s1. The lowest BCUT2D eigenvalue weighted by Gasteiger charge is -2.31. The zero-order chi connectivity index (χ0) is 18.7. The summed E-state index contributed by atoms with van der Waals surface area (Å²) in [5, 5.41) is 30.1. The maximum Gasteiger partial charge on any atom is 0.325 e. The van der Waals surface area contributed by atoms with Gasteiger partial charge < -0.3 is 29.8 Å². The maximum absolute atomic E-state index is 12.2. The highest BCUT2D eigenvalue weighted by molar-refractivity contribution is 5.22. The molecule has 4 atom stereocenters. The molecule has 0 aliphatic carbocycles. The quantitative estimate of drug-likeness (QED) is 0.423. The van der Waals surface area contributed by atoms with E-state index in [1.165, 1.54) is 0 Å². The van der Waals surface area contributed by atoms with Crippen LogP contribution in [0.4, 0.5) is 0 Å². The lowest BCUT2D eigenvalue weighted by molar-refractivity contribution is -0.141. The molecule has 1 fully saturated rings. The third kappa shape index (κ3) is 3.35. The van der Waals surface area contributed by atoms with Crippen molar-refractivity contribution in [1.82, 2.24) is 9.97 Å². The van der Waals surface area contributed by atoms with Crippen LogP contribution >= 0.6 is 0 Å². The largest absolute Gasteiger partial charge is 0.394 e. The molecule has 0 radical (unpaired) electrons. The van der Waals surface area contributed by atoms with Gasteiger partial charge in [0.2, 0.25) is 0 Å². The summed E-state index contributed by atoms with van der Waals surface area (Å²) in [6.45, 7) is -0.647. The topological polar surface area (TPSA) is 145 Å². The average Bonchev–Trinajstić information content (AvgIpc) is 2.88. The fourth-order valence-electron chi connectivity index (χ4n) is 3.07. The van der Waals surface area contributed by atoms with Gasteiger partial charge in [0.05, 0.1) is 25.4 Å². The van der Waals surface area contributed by atoms with Crippen molar-refractivity contribution < 1.29 is 24.8 Å². The van der Waals surface area contributed by atoms with Gasteiger partial charge in [0.15, 0.2) is 5.60 Å². The summed E-state index contributed by atoms with van der Waals surface area (Å²) in [6.07, 6.45) is -2.95. The molecule has 1 aromatic heterocycles. The molecule has 26 heavy (non-hydrogen) atoms. The Labute approximate surface area is 147 Å². The fraction of sp³-hybridized carbons (Fsp3) is 0.412. The summed E-state index contributed by atoms with van der Waals surface area (Å²) < 4.78 is 11.3. The number of aromatic amines is 2. The minimum atomic E-state index is -1.74. The molecule has 0 spiro atoms. The van der Waals surface area contributed by atoms with Crippen molar-refractivity contribution >= 4 is 0 Å². The Kier molecular flexibility index (Phi) is 5.35. The third-order valence-electron chi connectivity index (χ3n) is 4.43. The Hall–Kier alpha value is -2.30. The number of H-pyrrole nitrogens is 2. The number of hydrogen-bond donors (Lipinski definition) is 5. The van der Waals surface area contributed by atoms with Crippen LogP contribution in [0.5, 0.6) is 0 Å². The van der Waals surface area contributed by atoms with Crippen LogP contribution in [0.3, 0.4) is 0 Å². The molecule has 1 aromatic carbocycles. The molecule has 1 saturated heterocycles. The molecular weight excluding hydrogens is 344 g/mol. The summed E-state index contributed by atoms with van der Waals surface area (Å²) in [5.74, 6) is 0.